The summed E-state index contributed by atoms with van der Waals surface area (Å²) in [6.45, 7) is 5.64. The van der Waals surface area contributed by atoms with E-state index in [9.17, 15) is 4.79 Å². The van der Waals surface area contributed by atoms with Crippen LogP contribution in [0.4, 0.5) is 5.13 Å². The molecule has 1 aromatic heterocycles. The third-order valence-corrected chi connectivity index (χ3v) is 4.81. The average Bonchev–Trinajstić information content (AvgIpc) is 2.91. The average molecular weight is 301 g/mol. The maximum atomic E-state index is 12.3. The van der Waals surface area contributed by atoms with Crippen LogP contribution in [0.15, 0.2) is 29.6 Å². The minimum atomic E-state index is -0.150. The van der Waals surface area contributed by atoms with Crippen LogP contribution in [0, 0.1) is 6.92 Å². The number of nitrogens with one attached hydrogen (secondary N) is 1. The summed E-state index contributed by atoms with van der Waals surface area (Å²) >= 11 is 1.47. The Morgan fingerprint density at radius 3 is 2.86 bits per heavy atom. The van der Waals surface area contributed by atoms with Gasteiger partial charge in [-0.15, -0.1) is 11.3 Å². The van der Waals surface area contributed by atoms with Crippen LogP contribution in [-0.4, -0.2) is 28.4 Å². The third-order valence-electron chi connectivity index (χ3n) is 3.94. The Balaban J connectivity index is 1.66. The Bertz CT molecular complexity index is 652. The number of thiazole rings is 1. The van der Waals surface area contributed by atoms with Gasteiger partial charge in [0.05, 0.1) is 11.7 Å². The molecule has 1 aliphatic rings. The summed E-state index contributed by atoms with van der Waals surface area (Å²) in [6.07, 6.45) is 1.00. The highest BCUT2D eigenvalue weighted by atomic mass is 32.1. The molecule has 21 heavy (non-hydrogen) atoms. The maximum Gasteiger partial charge on any atom is 0.243 e. The summed E-state index contributed by atoms with van der Waals surface area (Å²) in [4.78, 5) is 18.8. The van der Waals surface area contributed by atoms with E-state index < -0.39 is 0 Å². The minimum absolute atomic E-state index is 0.0173. The topological polar surface area (TPSA) is 45.2 Å². The lowest BCUT2D eigenvalue weighted by atomic mass is 9.99. The number of anilines is 1. The molecule has 1 N–H and O–H groups in total. The van der Waals surface area contributed by atoms with Crippen molar-refractivity contribution in [2.45, 2.75) is 32.9 Å². The number of rotatable bonds is 3. The van der Waals surface area contributed by atoms with Crippen molar-refractivity contribution in [3.8, 4) is 0 Å². The van der Waals surface area contributed by atoms with Crippen LogP contribution >= 0.6 is 11.3 Å². The first-order chi connectivity index (χ1) is 10.1. The Morgan fingerprint density at radius 2 is 2.14 bits per heavy atom. The second kappa shape index (κ2) is 5.95. The van der Waals surface area contributed by atoms with Crippen molar-refractivity contribution in [3.63, 3.8) is 0 Å². The number of carbonyl (C=O) groups is 1. The van der Waals surface area contributed by atoms with E-state index in [1.165, 1.54) is 22.5 Å². The van der Waals surface area contributed by atoms with E-state index in [0.29, 0.717) is 5.13 Å². The molecule has 0 radical (unpaired) electrons. The van der Waals surface area contributed by atoms with Crippen LogP contribution in [0.3, 0.4) is 0 Å². The van der Waals surface area contributed by atoms with Gasteiger partial charge in [0.15, 0.2) is 5.13 Å². The van der Waals surface area contributed by atoms with Gasteiger partial charge in [-0.3, -0.25) is 9.69 Å². The zero-order valence-corrected chi connectivity index (χ0v) is 13.1. The Labute approximate surface area is 128 Å². The van der Waals surface area contributed by atoms with Gasteiger partial charge in [0.2, 0.25) is 5.91 Å². The normalized spacial score (nSPS) is 16.3. The maximum absolute atomic E-state index is 12.3. The van der Waals surface area contributed by atoms with Crippen molar-refractivity contribution >= 4 is 22.4 Å². The van der Waals surface area contributed by atoms with Crippen LogP contribution in [-0.2, 0) is 17.8 Å². The largest absolute Gasteiger partial charge is 0.301 e. The number of aryl methyl sites for hydroxylation is 1. The summed E-state index contributed by atoms with van der Waals surface area (Å²) in [5.41, 5.74) is 3.67. The molecular weight excluding hydrogens is 282 g/mol. The second-order valence-electron chi connectivity index (χ2n) is 5.45. The number of fused-ring (bicyclic) bond motifs is 1. The number of benzene rings is 1. The zero-order chi connectivity index (χ0) is 14.8. The van der Waals surface area contributed by atoms with Gasteiger partial charge in [-0.1, -0.05) is 24.3 Å². The van der Waals surface area contributed by atoms with E-state index in [1.54, 1.807) is 0 Å². The fourth-order valence-electron chi connectivity index (χ4n) is 2.64. The predicted molar refractivity (Wildman–Crippen MR) is 85.5 cm³/mol. The number of hydrogen-bond donors (Lipinski definition) is 1. The van der Waals surface area contributed by atoms with Crippen molar-refractivity contribution in [2.75, 3.05) is 11.9 Å². The molecular formula is C16H19N3OS. The minimum Gasteiger partial charge on any atom is -0.301 e. The molecule has 2 aromatic rings. The van der Waals surface area contributed by atoms with Gasteiger partial charge in [0, 0.05) is 18.5 Å². The fraction of sp³-hybridized carbons (Fsp3) is 0.375. The molecule has 0 saturated carbocycles. The van der Waals surface area contributed by atoms with Crippen molar-refractivity contribution in [2.24, 2.45) is 0 Å². The van der Waals surface area contributed by atoms with E-state index in [-0.39, 0.29) is 11.9 Å². The molecule has 1 amide bonds. The number of amides is 1. The van der Waals surface area contributed by atoms with Crippen LogP contribution < -0.4 is 5.32 Å². The SMILES string of the molecule is Cc1csc(NC(=O)[C@@H](C)N2CCc3ccccc3C2)n1. The summed E-state index contributed by atoms with van der Waals surface area (Å²) in [5.74, 6) is 0.0173. The van der Waals surface area contributed by atoms with Gasteiger partial charge in [0.1, 0.15) is 0 Å². The molecule has 0 saturated heterocycles. The van der Waals surface area contributed by atoms with E-state index in [1.807, 2.05) is 19.2 Å². The van der Waals surface area contributed by atoms with Crippen molar-refractivity contribution in [1.29, 1.82) is 0 Å². The van der Waals surface area contributed by atoms with Gasteiger partial charge in [-0.2, -0.15) is 0 Å². The van der Waals surface area contributed by atoms with E-state index in [2.05, 4.69) is 39.5 Å². The summed E-state index contributed by atoms with van der Waals surface area (Å²) < 4.78 is 0. The number of carbonyl (C=O) groups excluding carboxylic acids is 1. The molecule has 4 nitrogen and oxygen atoms in total. The first-order valence-electron chi connectivity index (χ1n) is 7.17. The van der Waals surface area contributed by atoms with Gasteiger partial charge >= 0.3 is 0 Å². The van der Waals surface area contributed by atoms with E-state index in [0.717, 1.165) is 25.2 Å². The third kappa shape index (κ3) is 3.14. The Hall–Kier alpha value is -1.72. The highest BCUT2D eigenvalue weighted by molar-refractivity contribution is 7.13. The predicted octanol–water partition coefficient (Wildman–Crippen LogP) is 2.84. The highest BCUT2D eigenvalue weighted by Gasteiger charge is 2.25. The lowest BCUT2D eigenvalue weighted by molar-refractivity contribution is -0.121. The van der Waals surface area contributed by atoms with Crippen LogP contribution in [0.25, 0.3) is 0 Å². The van der Waals surface area contributed by atoms with E-state index in [4.69, 9.17) is 0 Å². The number of nitrogens with zero attached hydrogens (tertiary/aromatic N) is 2. The molecule has 3 rings (SSSR count). The molecule has 1 atom stereocenters. The van der Waals surface area contributed by atoms with Crippen LogP contribution in [0.5, 0.6) is 0 Å². The van der Waals surface area contributed by atoms with Crippen molar-refractivity contribution in [1.82, 2.24) is 9.88 Å². The molecule has 0 aliphatic carbocycles. The first-order valence-corrected chi connectivity index (χ1v) is 8.05. The molecule has 0 spiro atoms. The van der Waals surface area contributed by atoms with Crippen molar-refractivity contribution < 1.29 is 4.79 Å². The molecule has 1 aliphatic heterocycles. The number of hydrogen-bond acceptors (Lipinski definition) is 4. The quantitative estimate of drug-likeness (QED) is 0.948. The standard InChI is InChI=1S/C16H19N3OS/c1-11-10-21-16(17-11)18-15(20)12(2)19-8-7-13-5-3-4-6-14(13)9-19/h3-6,10,12H,7-9H2,1-2H3,(H,17,18,20)/t12-/m1/s1. The first kappa shape index (κ1) is 14.2. The number of aromatic nitrogens is 1. The molecule has 0 unspecified atom stereocenters. The molecule has 0 bridgehead atoms. The highest BCUT2D eigenvalue weighted by Crippen LogP contribution is 2.21. The van der Waals surface area contributed by atoms with Crippen molar-refractivity contribution in [3.05, 3.63) is 46.5 Å². The van der Waals surface area contributed by atoms with Gasteiger partial charge < -0.3 is 5.32 Å². The molecule has 5 heteroatoms. The molecule has 0 fully saturated rings. The second-order valence-corrected chi connectivity index (χ2v) is 6.31. The summed E-state index contributed by atoms with van der Waals surface area (Å²) in [5, 5.41) is 5.53. The summed E-state index contributed by atoms with van der Waals surface area (Å²) in [6, 6.07) is 8.31. The van der Waals surface area contributed by atoms with Gasteiger partial charge in [-0.05, 0) is 31.4 Å². The van der Waals surface area contributed by atoms with Crippen LogP contribution in [0.1, 0.15) is 23.7 Å². The molecule has 110 valence electrons. The fourth-order valence-corrected chi connectivity index (χ4v) is 3.33. The lowest BCUT2D eigenvalue weighted by Crippen LogP contribution is -2.44. The smallest absolute Gasteiger partial charge is 0.243 e. The zero-order valence-electron chi connectivity index (χ0n) is 12.3. The van der Waals surface area contributed by atoms with Gasteiger partial charge in [-0.25, -0.2) is 4.98 Å². The van der Waals surface area contributed by atoms with Crippen LogP contribution in [0.2, 0.25) is 0 Å². The lowest BCUT2D eigenvalue weighted by Gasteiger charge is -2.32. The monoisotopic (exact) mass is 301 g/mol. The molecule has 1 aromatic carbocycles. The summed E-state index contributed by atoms with van der Waals surface area (Å²) in [7, 11) is 0. The Kier molecular flexibility index (Phi) is 4.03. The molecule has 2 heterocycles. The Morgan fingerprint density at radius 1 is 1.38 bits per heavy atom. The van der Waals surface area contributed by atoms with E-state index >= 15 is 0 Å². The van der Waals surface area contributed by atoms with Gasteiger partial charge in [0.25, 0.3) is 0 Å².